The van der Waals surface area contributed by atoms with Crippen LogP contribution < -0.4 is 10.6 Å². The standard InChI is InChI=1S/C18H22N4O2S2/c1-12-4-10-25-14(12)15(23)22-8-5-18(6-9-22,16(24)20-13-2-3-13)21-17-19-7-11-26-17/h4,7,10-11,13H,2-3,5-6,8-9H2,1H3,(H,19,21)(H,20,24). The van der Waals surface area contributed by atoms with Crippen LogP contribution in [0.2, 0.25) is 0 Å². The number of piperidine rings is 1. The van der Waals surface area contributed by atoms with Gasteiger partial charge in [-0.25, -0.2) is 4.98 Å². The van der Waals surface area contributed by atoms with Crippen LogP contribution >= 0.6 is 22.7 Å². The zero-order valence-electron chi connectivity index (χ0n) is 14.7. The summed E-state index contributed by atoms with van der Waals surface area (Å²) in [5.74, 6) is 0.109. The molecule has 0 aromatic carbocycles. The summed E-state index contributed by atoms with van der Waals surface area (Å²) in [6.45, 7) is 3.09. The Balaban J connectivity index is 1.48. The molecule has 6 nitrogen and oxygen atoms in total. The van der Waals surface area contributed by atoms with Crippen molar-refractivity contribution >= 4 is 39.6 Å². The van der Waals surface area contributed by atoms with Crippen LogP contribution in [0.15, 0.2) is 23.0 Å². The molecule has 0 unspecified atom stereocenters. The summed E-state index contributed by atoms with van der Waals surface area (Å²) in [5.41, 5.74) is 0.325. The number of aryl methyl sites for hydroxylation is 1. The molecular formula is C18H22N4O2S2. The lowest BCUT2D eigenvalue weighted by Gasteiger charge is -2.41. The van der Waals surface area contributed by atoms with Crippen LogP contribution in [-0.2, 0) is 4.79 Å². The lowest BCUT2D eigenvalue weighted by molar-refractivity contribution is -0.127. The summed E-state index contributed by atoms with van der Waals surface area (Å²) in [6.07, 6.45) is 5.02. The predicted octanol–water partition coefficient (Wildman–Crippen LogP) is 2.88. The quantitative estimate of drug-likeness (QED) is 0.823. The molecule has 4 rings (SSSR count). The van der Waals surface area contributed by atoms with E-state index in [0.717, 1.165) is 28.4 Å². The normalized spacial score (nSPS) is 19.2. The fourth-order valence-corrected chi connectivity index (χ4v) is 4.80. The van der Waals surface area contributed by atoms with Gasteiger partial charge in [-0.15, -0.1) is 22.7 Å². The van der Waals surface area contributed by atoms with E-state index in [1.54, 1.807) is 6.20 Å². The highest BCUT2D eigenvalue weighted by atomic mass is 32.1. The van der Waals surface area contributed by atoms with Gasteiger partial charge in [-0.05, 0) is 49.6 Å². The van der Waals surface area contributed by atoms with Gasteiger partial charge in [0.15, 0.2) is 5.13 Å². The Morgan fingerprint density at radius 2 is 2.00 bits per heavy atom. The molecular weight excluding hydrogens is 368 g/mol. The van der Waals surface area contributed by atoms with Gasteiger partial charge in [-0.3, -0.25) is 9.59 Å². The molecule has 2 aromatic heterocycles. The average Bonchev–Trinajstić information content (AvgIpc) is 3.12. The van der Waals surface area contributed by atoms with Crippen molar-refractivity contribution in [3.8, 4) is 0 Å². The van der Waals surface area contributed by atoms with E-state index in [-0.39, 0.29) is 11.8 Å². The van der Waals surface area contributed by atoms with Gasteiger partial charge in [0.1, 0.15) is 5.54 Å². The first-order valence-electron chi connectivity index (χ1n) is 8.89. The van der Waals surface area contributed by atoms with Gasteiger partial charge in [-0.1, -0.05) is 0 Å². The minimum Gasteiger partial charge on any atom is -0.351 e. The topological polar surface area (TPSA) is 74.3 Å². The smallest absolute Gasteiger partial charge is 0.264 e. The van der Waals surface area contributed by atoms with Gasteiger partial charge in [-0.2, -0.15) is 0 Å². The van der Waals surface area contributed by atoms with Gasteiger partial charge >= 0.3 is 0 Å². The Morgan fingerprint density at radius 3 is 2.58 bits per heavy atom. The van der Waals surface area contributed by atoms with Gasteiger partial charge in [0.2, 0.25) is 5.91 Å². The maximum atomic E-state index is 13.0. The van der Waals surface area contributed by atoms with Crippen LogP contribution in [0, 0.1) is 6.92 Å². The van der Waals surface area contributed by atoms with Crippen molar-refractivity contribution in [2.24, 2.45) is 0 Å². The van der Waals surface area contributed by atoms with E-state index >= 15 is 0 Å². The minimum absolute atomic E-state index is 0.0367. The third kappa shape index (κ3) is 3.48. The van der Waals surface area contributed by atoms with Gasteiger partial charge < -0.3 is 15.5 Å². The molecule has 2 N–H and O–H groups in total. The number of aromatic nitrogens is 1. The highest BCUT2D eigenvalue weighted by Gasteiger charge is 2.44. The molecule has 1 aliphatic heterocycles. The zero-order valence-corrected chi connectivity index (χ0v) is 16.3. The van der Waals surface area contributed by atoms with E-state index in [2.05, 4.69) is 15.6 Å². The molecule has 2 amide bonds. The molecule has 138 valence electrons. The van der Waals surface area contributed by atoms with Gasteiger partial charge in [0.05, 0.1) is 4.88 Å². The Bertz CT molecular complexity index is 790. The lowest BCUT2D eigenvalue weighted by Crippen LogP contribution is -2.59. The number of hydrogen-bond donors (Lipinski definition) is 2. The van der Waals surface area contributed by atoms with Crippen molar-refractivity contribution in [1.82, 2.24) is 15.2 Å². The van der Waals surface area contributed by atoms with Crippen molar-refractivity contribution < 1.29 is 9.59 Å². The number of hydrogen-bond acceptors (Lipinski definition) is 6. The van der Waals surface area contributed by atoms with Gasteiger partial charge in [0.25, 0.3) is 5.91 Å². The molecule has 8 heteroatoms. The van der Waals surface area contributed by atoms with Crippen LogP contribution in [0.25, 0.3) is 0 Å². The maximum Gasteiger partial charge on any atom is 0.264 e. The van der Waals surface area contributed by atoms with Crippen LogP contribution in [0.3, 0.4) is 0 Å². The monoisotopic (exact) mass is 390 g/mol. The van der Waals surface area contributed by atoms with E-state index in [0.29, 0.717) is 32.0 Å². The second kappa shape index (κ2) is 7.00. The number of nitrogens with one attached hydrogen (secondary N) is 2. The number of nitrogens with zero attached hydrogens (tertiary/aromatic N) is 2. The van der Waals surface area contributed by atoms with Crippen molar-refractivity contribution in [2.75, 3.05) is 18.4 Å². The number of thiazole rings is 1. The highest BCUT2D eigenvalue weighted by molar-refractivity contribution is 7.13. The largest absolute Gasteiger partial charge is 0.351 e. The van der Waals surface area contributed by atoms with Crippen LogP contribution in [0.4, 0.5) is 5.13 Å². The van der Waals surface area contributed by atoms with Crippen LogP contribution in [-0.4, -0.2) is 46.4 Å². The number of rotatable bonds is 5. The maximum absolute atomic E-state index is 13.0. The van der Waals surface area contributed by atoms with E-state index in [1.807, 2.05) is 28.7 Å². The van der Waals surface area contributed by atoms with Gasteiger partial charge in [0, 0.05) is 30.7 Å². The number of carbonyl (C=O) groups is 2. The molecule has 0 spiro atoms. The van der Waals surface area contributed by atoms with Crippen LogP contribution in [0.5, 0.6) is 0 Å². The molecule has 2 aliphatic rings. The van der Waals surface area contributed by atoms with E-state index in [1.165, 1.54) is 22.7 Å². The lowest BCUT2D eigenvalue weighted by atomic mass is 9.86. The molecule has 1 saturated carbocycles. The van der Waals surface area contributed by atoms with Crippen molar-refractivity contribution in [3.05, 3.63) is 33.5 Å². The third-order valence-corrected chi connectivity index (χ3v) is 6.78. The predicted molar refractivity (Wildman–Crippen MR) is 104 cm³/mol. The fraction of sp³-hybridized carbons (Fsp3) is 0.500. The molecule has 0 atom stereocenters. The van der Waals surface area contributed by atoms with E-state index < -0.39 is 5.54 Å². The number of thiophene rings is 1. The minimum atomic E-state index is -0.693. The SMILES string of the molecule is Cc1ccsc1C(=O)N1CCC(Nc2nccs2)(C(=O)NC2CC2)CC1. The fourth-order valence-electron chi connectivity index (χ4n) is 3.28. The molecule has 1 aliphatic carbocycles. The third-order valence-electron chi connectivity index (χ3n) is 5.09. The molecule has 0 bridgehead atoms. The number of amides is 2. The van der Waals surface area contributed by atoms with Crippen LogP contribution in [0.1, 0.15) is 40.9 Å². The molecule has 26 heavy (non-hydrogen) atoms. The summed E-state index contributed by atoms with van der Waals surface area (Å²) < 4.78 is 0. The summed E-state index contributed by atoms with van der Waals surface area (Å²) in [4.78, 5) is 32.7. The Kier molecular flexibility index (Phi) is 4.71. The van der Waals surface area contributed by atoms with Crippen molar-refractivity contribution in [2.45, 2.75) is 44.2 Å². The first-order valence-corrected chi connectivity index (χ1v) is 10.7. The van der Waals surface area contributed by atoms with Crippen molar-refractivity contribution in [3.63, 3.8) is 0 Å². The number of likely N-dealkylation sites (tertiary alicyclic amines) is 1. The first kappa shape index (κ1) is 17.5. The molecule has 3 heterocycles. The molecule has 2 fully saturated rings. The Labute approximate surface area is 160 Å². The molecule has 1 saturated heterocycles. The second-order valence-corrected chi connectivity index (χ2v) is 8.83. The first-order chi connectivity index (χ1) is 12.6. The number of anilines is 1. The summed E-state index contributed by atoms with van der Waals surface area (Å²) in [5, 5.41) is 11.1. The van der Waals surface area contributed by atoms with E-state index in [4.69, 9.17) is 0 Å². The highest BCUT2D eigenvalue weighted by Crippen LogP contribution is 2.31. The second-order valence-electron chi connectivity index (χ2n) is 7.02. The molecule has 2 aromatic rings. The van der Waals surface area contributed by atoms with E-state index in [9.17, 15) is 9.59 Å². The Hall–Kier alpha value is -1.93. The molecule has 0 radical (unpaired) electrons. The van der Waals surface area contributed by atoms with Crippen molar-refractivity contribution in [1.29, 1.82) is 0 Å². The number of carbonyl (C=O) groups excluding carboxylic acids is 2. The zero-order chi connectivity index (χ0) is 18.1. The summed E-state index contributed by atoms with van der Waals surface area (Å²) in [7, 11) is 0. The summed E-state index contributed by atoms with van der Waals surface area (Å²) >= 11 is 2.98. The Morgan fingerprint density at radius 1 is 1.23 bits per heavy atom. The average molecular weight is 391 g/mol. The summed E-state index contributed by atoms with van der Waals surface area (Å²) in [6, 6.07) is 2.28.